The van der Waals surface area contributed by atoms with E-state index in [1.54, 1.807) is 4.90 Å². The van der Waals surface area contributed by atoms with Crippen molar-refractivity contribution in [3.8, 4) is 11.5 Å². The molecule has 33 heavy (non-hydrogen) atoms. The number of aromatic nitrogens is 1. The smallest absolute Gasteiger partial charge is 0.260 e. The van der Waals surface area contributed by atoms with Gasteiger partial charge in [0.1, 0.15) is 11.5 Å². The third-order valence-corrected chi connectivity index (χ3v) is 6.55. The molecule has 2 heterocycles. The number of nitrogens with zero attached hydrogens (tertiary/aromatic N) is 3. The number of hydrogen-bond acceptors (Lipinski definition) is 7. The first-order valence-corrected chi connectivity index (χ1v) is 12.4. The van der Waals surface area contributed by atoms with Crippen molar-refractivity contribution in [1.29, 1.82) is 0 Å². The molecular formula is C25H31N3O4S. The molecule has 0 radical (unpaired) electrons. The molecule has 0 saturated carbocycles. The van der Waals surface area contributed by atoms with Crippen LogP contribution in [0.1, 0.15) is 30.6 Å². The first-order chi connectivity index (χ1) is 16.2. The highest BCUT2D eigenvalue weighted by Gasteiger charge is 2.22. The van der Waals surface area contributed by atoms with E-state index in [1.165, 1.54) is 11.3 Å². The molecular weight excluding hydrogens is 438 g/mol. The number of ether oxygens (including phenoxy) is 3. The lowest BCUT2D eigenvalue weighted by Gasteiger charge is -2.27. The van der Waals surface area contributed by atoms with Crippen molar-refractivity contribution in [2.24, 2.45) is 0 Å². The highest BCUT2D eigenvalue weighted by molar-refractivity contribution is 7.22. The maximum absolute atomic E-state index is 13.5. The number of carbonyl (C=O) groups is 1. The number of amides is 1. The molecule has 176 valence electrons. The standard InChI is InChI=1S/C25H31N3O4S/c1-3-31-20-8-6-19(7-9-20)24(29)28(13-5-12-27-14-16-30-17-15-27)25-26-22-11-10-21(32-4-2)18-23(22)33-25/h6-11,18H,3-5,12-17H2,1-2H3. The number of rotatable bonds is 10. The summed E-state index contributed by atoms with van der Waals surface area (Å²) in [7, 11) is 0. The zero-order valence-electron chi connectivity index (χ0n) is 19.3. The van der Waals surface area contributed by atoms with E-state index in [4.69, 9.17) is 19.2 Å². The normalized spacial score (nSPS) is 14.4. The molecule has 0 atom stereocenters. The van der Waals surface area contributed by atoms with Gasteiger partial charge in [-0.05, 0) is 62.7 Å². The summed E-state index contributed by atoms with van der Waals surface area (Å²) in [5.41, 5.74) is 1.50. The number of benzene rings is 2. The number of hydrogen-bond donors (Lipinski definition) is 0. The van der Waals surface area contributed by atoms with E-state index in [0.717, 1.165) is 61.0 Å². The van der Waals surface area contributed by atoms with Gasteiger partial charge in [-0.25, -0.2) is 4.98 Å². The largest absolute Gasteiger partial charge is 0.494 e. The van der Waals surface area contributed by atoms with Gasteiger partial charge in [-0.15, -0.1) is 0 Å². The Kier molecular flexibility index (Phi) is 8.15. The average Bonchev–Trinajstić information content (AvgIpc) is 3.26. The Morgan fingerprint density at radius 2 is 1.76 bits per heavy atom. The van der Waals surface area contributed by atoms with Gasteiger partial charge in [-0.1, -0.05) is 11.3 Å². The van der Waals surface area contributed by atoms with Crippen molar-refractivity contribution in [2.75, 3.05) is 57.5 Å². The van der Waals surface area contributed by atoms with Gasteiger partial charge in [0.05, 0.1) is 36.6 Å². The maximum Gasteiger partial charge on any atom is 0.260 e. The summed E-state index contributed by atoms with van der Waals surface area (Å²) >= 11 is 1.52. The van der Waals surface area contributed by atoms with Crippen molar-refractivity contribution in [3.63, 3.8) is 0 Å². The van der Waals surface area contributed by atoms with Crippen molar-refractivity contribution in [3.05, 3.63) is 48.0 Å². The molecule has 8 heteroatoms. The van der Waals surface area contributed by atoms with Crippen LogP contribution in [0.3, 0.4) is 0 Å². The maximum atomic E-state index is 13.5. The van der Waals surface area contributed by atoms with Gasteiger partial charge in [-0.2, -0.15) is 0 Å². The number of morpholine rings is 1. The molecule has 7 nitrogen and oxygen atoms in total. The third-order valence-electron chi connectivity index (χ3n) is 5.51. The van der Waals surface area contributed by atoms with Crippen molar-refractivity contribution in [2.45, 2.75) is 20.3 Å². The molecule has 1 fully saturated rings. The molecule has 0 unspecified atom stereocenters. The summed E-state index contributed by atoms with van der Waals surface area (Å²) in [5.74, 6) is 1.53. The molecule has 1 saturated heterocycles. The monoisotopic (exact) mass is 469 g/mol. The van der Waals surface area contributed by atoms with Crippen molar-refractivity contribution >= 4 is 32.6 Å². The molecule has 3 aromatic rings. The average molecular weight is 470 g/mol. The van der Waals surface area contributed by atoms with Crippen LogP contribution >= 0.6 is 11.3 Å². The van der Waals surface area contributed by atoms with Gasteiger partial charge < -0.3 is 14.2 Å². The summed E-state index contributed by atoms with van der Waals surface area (Å²) in [6.07, 6.45) is 0.864. The first-order valence-electron chi connectivity index (χ1n) is 11.6. The predicted molar refractivity (Wildman–Crippen MR) is 132 cm³/mol. The predicted octanol–water partition coefficient (Wildman–Crippen LogP) is 4.46. The Labute approximate surface area is 198 Å². The fraction of sp³-hybridized carbons (Fsp3) is 0.440. The lowest BCUT2D eigenvalue weighted by atomic mass is 10.2. The Morgan fingerprint density at radius 3 is 2.48 bits per heavy atom. The molecule has 1 aliphatic heterocycles. The Bertz CT molecular complexity index is 1050. The second kappa shape index (κ2) is 11.4. The van der Waals surface area contributed by atoms with E-state index in [-0.39, 0.29) is 5.91 Å². The molecule has 0 aliphatic carbocycles. The molecule has 0 spiro atoms. The minimum atomic E-state index is -0.0517. The van der Waals surface area contributed by atoms with Crippen molar-refractivity contribution in [1.82, 2.24) is 9.88 Å². The molecule has 1 aromatic heterocycles. The number of fused-ring (bicyclic) bond motifs is 1. The van der Waals surface area contributed by atoms with Gasteiger partial charge in [0, 0.05) is 31.7 Å². The highest BCUT2D eigenvalue weighted by atomic mass is 32.1. The summed E-state index contributed by atoms with van der Waals surface area (Å²) in [6, 6.07) is 13.2. The molecule has 1 amide bonds. The van der Waals surface area contributed by atoms with Crippen LogP contribution in [-0.2, 0) is 4.74 Å². The van der Waals surface area contributed by atoms with Gasteiger partial charge in [-0.3, -0.25) is 14.6 Å². The molecule has 2 aromatic carbocycles. The zero-order chi connectivity index (χ0) is 23.0. The fourth-order valence-corrected chi connectivity index (χ4v) is 4.86. The Balaban J connectivity index is 1.55. The van der Waals surface area contributed by atoms with E-state index >= 15 is 0 Å². The Hall–Kier alpha value is -2.68. The van der Waals surface area contributed by atoms with Crippen LogP contribution in [0, 0.1) is 0 Å². The lowest BCUT2D eigenvalue weighted by molar-refractivity contribution is 0.0376. The number of carbonyl (C=O) groups excluding carboxylic acids is 1. The van der Waals surface area contributed by atoms with Crippen LogP contribution in [0.4, 0.5) is 5.13 Å². The first kappa shape index (κ1) is 23.5. The van der Waals surface area contributed by atoms with Crippen LogP contribution in [0.15, 0.2) is 42.5 Å². The van der Waals surface area contributed by atoms with Crippen LogP contribution in [0.25, 0.3) is 10.2 Å². The van der Waals surface area contributed by atoms with Gasteiger partial charge in [0.15, 0.2) is 5.13 Å². The third kappa shape index (κ3) is 6.01. The molecule has 0 bridgehead atoms. The van der Waals surface area contributed by atoms with Crippen LogP contribution < -0.4 is 14.4 Å². The van der Waals surface area contributed by atoms with E-state index in [9.17, 15) is 4.79 Å². The van der Waals surface area contributed by atoms with Gasteiger partial charge in [0.2, 0.25) is 0 Å². The van der Waals surface area contributed by atoms with Gasteiger partial charge in [0.25, 0.3) is 5.91 Å². The number of anilines is 1. The summed E-state index contributed by atoms with van der Waals surface area (Å²) in [5, 5.41) is 0.708. The van der Waals surface area contributed by atoms with E-state index in [0.29, 0.717) is 30.5 Å². The second-order valence-electron chi connectivity index (χ2n) is 7.78. The lowest BCUT2D eigenvalue weighted by Crippen LogP contribution is -2.39. The van der Waals surface area contributed by atoms with Crippen LogP contribution in [-0.4, -0.2) is 68.4 Å². The van der Waals surface area contributed by atoms with Gasteiger partial charge >= 0.3 is 0 Å². The zero-order valence-corrected chi connectivity index (χ0v) is 20.1. The fourth-order valence-electron chi connectivity index (χ4n) is 3.84. The summed E-state index contributed by atoms with van der Waals surface area (Å²) in [4.78, 5) is 22.5. The van der Waals surface area contributed by atoms with Crippen LogP contribution in [0.5, 0.6) is 11.5 Å². The topological polar surface area (TPSA) is 64.1 Å². The SMILES string of the molecule is CCOc1ccc(C(=O)N(CCCN2CCOCC2)c2nc3ccc(OCC)cc3s2)cc1. The molecule has 0 N–H and O–H groups in total. The summed E-state index contributed by atoms with van der Waals surface area (Å²) < 4.78 is 17.6. The van der Waals surface area contributed by atoms with E-state index in [2.05, 4.69) is 4.90 Å². The van der Waals surface area contributed by atoms with Crippen molar-refractivity contribution < 1.29 is 19.0 Å². The molecule has 1 aliphatic rings. The second-order valence-corrected chi connectivity index (χ2v) is 8.79. The summed E-state index contributed by atoms with van der Waals surface area (Å²) in [6.45, 7) is 10.1. The van der Waals surface area contributed by atoms with Crippen LogP contribution in [0.2, 0.25) is 0 Å². The highest BCUT2D eigenvalue weighted by Crippen LogP contribution is 2.32. The quantitative estimate of drug-likeness (QED) is 0.437. The minimum absolute atomic E-state index is 0.0517. The molecule has 4 rings (SSSR count). The Morgan fingerprint density at radius 1 is 1.06 bits per heavy atom. The van der Waals surface area contributed by atoms with E-state index < -0.39 is 0 Å². The minimum Gasteiger partial charge on any atom is -0.494 e. The number of thiazole rings is 1. The van der Waals surface area contributed by atoms with E-state index in [1.807, 2.05) is 56.3 Å².